The number of anilines is 2. The summed E-state index contributed by atoms with van der Waals surface area (Å²) in [6.07, 6.45) is 1.63. The lowest BCUT2D eigenvalue weighted by Crippen LogP contribution is -2.30. The van der Waals surface area contributed by atoms with Crippen LogP contribution >= 0.6 is 0 Å². The number of aryl methyl sites for hydroxylation is 1. The third-order valence-electron chi connectivity index (χ3n) is 5.83. The number of pyridine rings is 1. The van der Waals surface area contributed by atoms with E-state index in [2.05, 4.69) is 10.3 Å². The van der Waals surface area contributed by atoms with Crippen molar-refractivity contribution < 1.29 is 18.1 Å². The molecular formula is C26H28FN3O3S. The molecule has 0 bridgehead atoms. The average molecular weight is 482 g/mol. The van der Waals surface area contributed by atoms with Gasteiger partial charge in [0.25, 0.3) is 5.91 Å². The van der Waals surface area contributed by atoms with Gasteiger partial charge in [0.2, 0.25) is 5.88 Å². The summed E-state index contributed by atoms with van der Waals surface area (Å²) in [6, 6.07) is 14.5. The van der Waals surface area contributed by atoms with E-state index in [0.29, 0.717) is 36.7 Å². The molecule has 0 radical (unpaired) electrons. The summed E-state index contributed by atoms with van der Waals surface area (Å²) in [4.78, 5) is 19.9. The normalized spacial score (nSPS) is 13.9. The second-order valence-corrected chi connectivity index (χ2v) is 10.0. The van der Waals surface area contributed by atoms with Gasteiger partial charge in [-0.15, -0.1) is 0 Å². The third kappa shape index (κ3) is 4.97. The molecule has 1 aromatic heterocycles. The lowest BCUT2D eigenvalue weighted by molar-refractivity contribution is 0.0944. The number of carbonyl (C=O) groups is 1. The van der Waals surface area contributed by atoms with Crippen molar-refractivity contribution in [2.45, 2.75) is 38.1 Å². The minimum absolute atomic E-state index is 0.0590. The van der Waals surface area contributed by atoms with Gasteiger partial charge in [-0.3, -0.25) is 9.00 Å². The third-order valence-corrected chi connectivity index (χ3v) is 6.76. The van der Waals surface area contributed by atoms with Crippen LogP contribution in [0.1, 0.15) is 46.9 Å². The largest absolute Gasteiger partial charge is 0.474 e. The number of ether oxygens (including phenoxy) is 1. The molecule has 1 unspecified atom stereocenters. The standard InChI is InChI=1S/C26H28FN3O3S/c1-16(2)21-14-19(13-17(3)24(21)27)30-11-12-33-26-23(30)10-9-22(29-26)25(31)28-15-18-5-7-20(8-6-18)34(4)32/h5-10,13-14,16H,11-12,15H2,1-4H3,(H,28,31). The van der Waals surface area contributed by atoms with Crippen molar-refractivity contribution >= 4 is 28.1 Å². The Morgan fingerprint density at radius 3 is 2.62 bits per heavy atom. The van der Waals surface area contributed by atoms with Gasteiger partial charge in [-0.25, -0.2) is 9.37 Å². The summed E-state index contributed by atoms with van der Waals surface area (Å²) in [6.45, 7) is 7.05. The van der Waals surface area contributed by atoms with Crippen LogP contribution in [0.3, 0.4) is 0 Å². The number of aromatic nitrogens is 1. The zero-order chi connectivity index (χ0) is 24.4. The first kappa shape index (κ1) is 23.9. The lowest BCUT2D eigenvalue weighted by atomic mass is 9.98. The molecule has 178 valence electrons. The fourth-order valence-electron chi connectivity index (χ4n) is 3.92. The van der Waals surface area contributed by atoms with E-state index in [4.69, 9.17) is 4.74 Å². The van der Waals surface area contributed by atoms with E-state index in [9.17, 15) is 13.4 Å². The highest BCUT2D eigenvalue weighted by Gasteiger charge is 2.24. The predicted molar refractivity (Wildman–Crippen MR) is 132 cm³/mol. The van der Waals surface area contributed by atoms with Gasteiger partial charge in [0.1, 0.15) is 23.8 Å². The van der Waals surface area contributed by atoms with E-state index < -0.39 is 10.8 Å². The van der Waals surface area contributed by atoms with Crippen LogP contribution in [0.15, 0.2) is 53.4 Å². The number of hydrogen-bond donors (Lipinski definition) is 1. The molecule has 34 heavy (non-hydrogen) atoms. The Hall–Kier alpha value is -3.26. The zero-order valence-corrected chi connectivity index (χ0v) is 20.5. The molecule has 8 heteroatoms. The highest BCUT2D eigenvalue weighted by atomic mass is 32.2. The van der Waals surface area contributed by atoms with Crippen molar-refractivity contribution in [3.8, 4) is 5.88 Å². The number of carbonyl (C=O) groups excluding carboxylic acids is 1. The second kappa shape index (κ2) is 9.93. The van der Waals surface area contributed by atoms with E-state index >= 15 is 0 Å². The lowest BCUT2D eigenvalue weighted by Gasteiger charge is -2.31. The molecule has 6 nitrogen and oxygen atoms in total. The summed E-state index contributed by atoms with van der Waals surface area (Å²) >= 11 is 0. The molecule has 2 aromatic carbocycles. The molecule has 1 amide bonds. The van der Waals surface area contributed by atoms with Crippen molar-refractivity contribution in [3.63, 3.8) is 0 Å². The van der Waals surface area contributed by atoms with Crippen molar-refractivity contribution in [1.29, 1.82) is 0 Å². The first-order chi connectivity index (χ1) is 16.2. The Labute approximate surface area is 201 Å². The minimum Gasteiger partial charge on any atom is -0.474 e. The average Bonchev–Trinajstić information content (AvgIpc) is 2.83. The maximum Gasteiger partial charge on any atom is 0.270 e. The molecule has 1 aliphatic heterocycles. The topological polar surface area (TPSA) is 71.5 Å². The van der Waals surface area contributed by atoms with Crippen LogP contribution in [0.25, 0.3) is 0 Å². The molecule has 1 aliphatic rings. The van der Waals surface area contributed by atoms with Crippen molar-refractivity contribution in [2.24, 2.45) is 0 Å². The molecule has 4 rings (SSSR count). The maximum atomic E-state index is 14.6. The van der Waals surface area contributed by atoms with Crippen molar-refractivity contribution in [3.05, 3.63) is 76.7 Å². The predicted octanol–water partition coefficient (Wildman–Crippen LogP) is 4.85. The number of fused-ring (bicyclic) bond motifs is 1. The Balaban J connectivity index is 1.53. The summed E-state index contributed by atoms with van der Waals surface area (Å²) in [5, 5.41) is 2.86. The van der Waals surface area contributed by atoms with Crippen LogP contribution in [-0.2, 0) is 17.3 Å². The van der Waals surface area contributed by atoms with Crippen LogP contribution in [0.4, 0.5) is 15.8 Å². The molecule has 0 fully saturated rings. The second-order valence-electron chi connectivity index (χ2n) is 8.62. The van der Waals surface area contributed by atoms with Crippen LogP contribution in [-0.4, -0.2) is 34.5 Å². The van der Waals surface area contributed by atoms with E-state index in [1.54, 1.807) is 31.4 Å². The van der Waals surface area contributed by atoms with Gasteiger partial charge in [0.15, 0.2) is 0 Å². The zero-order valence-electron chi connectivity index (χ0n) is 19.7. The van der Waals surface area contributed by atoms with E-state index in [0.717, 1.165) is 21.8 Å². The van der Waals surface area contributed by atoms with Crippen LogP contribution in [0.2, 0.25) is 0 Å². The van der Waals surface area contributed by atoms with E-state index in [1.807, 2.05) is 49.1 Å². The van der Waals surface area contributed by atoms with Crippen LogP contribution < -0.4 is 15.0 Å². The minimum atomic E-state index is -1.04. The Morgan fingerprint density at radius 2 is 1.94 bits per heavy atom. The first-order valence-corrected chi connectivity index (χ1v) is 12.7. The van der Waals surface area contributed by atoms with Gasteiger partial charge in [0.05, 0.1) is 6.54 Å². The number of rotatable bonds is 6. The van der Waals surface area contributed by atoms with Gasteiger partial charge < -0.3 is 15.0 Å². The summed E-state index contributed by atoms with van der Waals surface area (Å²) in [7, 11) is -1.04. The van der Waals surface area contributed by atoms with E-state index in [1.165, 1.54) is 0 Å². The van der Waals surface area contributed by atoms with Gasteiger partial charge >= 0.3 is 0 Å². The fraction of sp³-hybridized carbons (Fsp3) is 0.308. The molecule has 2 heterocycles. The van der Waals surface area contributed by atoms with Crippen LogP contribution in [0.5, 0.6) is 5.88 Å². The molecule has 1 atom stereocenters. The fourth-order valence-corrected chi connectivity index (χ4v) is 4.44. The Kier molecular flexibility index (Phi) is 6.97. The van der Waals surface area contributed by atoms with Gasteiger partial charge in [0, 0.05) is 34.2 Å². The number of hydrogen-bond acceptors (Lipinski definition) is 5. The Bertz CT molecular complexity index is 1240. The summed E-state index contributed by atoms with van der Waals surface area (Å²) in [5.74, 6) is -0.0493. The number of amides is 1. The van der Waals surface area contributed by atoms with Crippen molar-refractivity contribution in [2.75, 3.05) is 24.3 Å². The van der Waals surface area contributed by atoms with Gasteiger partial charge in [-0.2, -0.15) is 0 Å². The van der Waals surface area contributed by atoms with Gasteiger partial charge in [-0.1, -0.05) is 26.0 Å². The van der Waals surface area contributed by atoms with Crippen molar-refractivity contribution in [1.82, 2.24) is 10.3 Å². The summed E-state index contributed by atoms with van der Waals surface area (Å²) < 4.78 is 31.9. The monoisotopic (exact) mass is 481 g/mol. The number of nitrogens with zero attached hydrogens (tertiary/aromatic N) is 2. The molecular weight excluding hydrogens is 453 g/mol. The summed E-state index contributed by atoms with van der Waals surface area (Å²) in [5.41, 5.74) is 4.04. The number of nitrogens with one attached hydrogen (secondary N) is 1. The van der Waals surface area contributed by atoms with Crippen LogP contribution in [0, 0.1) is 12.7 Å². The smallest absolute Gasteiger partial charge is 0.270 e. The van der Waals surface area contributed by atoms with E-state index in [-0.39, 0.29) is 23.3 Å². The first-order valence-electron chi connectivity index (χ1n) is 11.2. The highest BCUT2D eigenvalue weighted by Crippen LogP contribution is 2.37. The molecule has 0 aliphatic carbocycles. The maximum absolute atomic E-state index is 14.6. The SMILES string of the molecule is Cc1cc(N2CCOc3nc(C(=O)NCc4ccc(S(C)=O)cc4)ccc32)cc(C(C)C)c1F. The molecule has 0 saturated heterocycles. The molecule has 0 saturated carbocycles. The Morgan fingerprint density at radius 1 is 1.21 bits per heavy atom. The molecule has 3 aromatic rings. The molecule has 0 spiro atoms. The molecule has 1 N–H and O–H groups in total. The number of benzene rings is 2. The quantitative estimate of drug-likeness (QED) is 0.545. The number of halogens is 1. The van der Waals surface area contributed by atoms with Gasteiger partial charge in [-0.05, 0) is 65.9 Å². The highest BCUT2D eigenvalue weighted by molar-refractivity contribution is 7.84.